The lowest BCUT2D eigenvalue weighted by Gasteiger charge is -2.44. The van der Waals surface area contributed by atoms with E-state index >= 15 is 0 Å². The zero-order valence-electron chi connectivity index (χ0n) is 12.9. The molecule has 2 N–H and O–H groups in total. The highest BCUT2D eigenvalue weighted by atomic mass is 16.5. The van der Waals surface area contributed by atoms with Crippen LogP contribution in [0.25, 0.3) is 0 Å². The average Bonchev–Trinajstić information content (AvgIpc) is 3.05. The van der Waals surface area contributed by atoms with Crippen LogP contribution in [0.5, 0.6) is 0 Å². The molecule has 0 aliphatic carbocycles. The first-order chi connectivity index (χ1) is 9.14. The Morgan fingerprint density at radius 1 is 1.26 bits per heavy atom. The first-order valence-electron chi connectivity index (χ1n) is 7.82. The fourth-order valence-electron chi connectivity index (χ4n) is 3.85. The van der Waals surface area contributed by atoms with Crippen molar-refractivity contribution < 1.29 is 4.74 Å². The average molecular weight is 269 g/mol. The van der Waals surface area contributed by atoms with E-state index < -0.39 is 0 Å². The van der Waals surface area contributed by atoms with Crippen LogP contribution in [-0.4, -0.2) is 67.8 Å². The van der Waals surface area contributed by atoms with Crippen LogP contribution < -0.4 is 5.73 Å². The number of likely N-dealkylation sites (tertiary alicyclic amines) is 2. The molecular formula is C15H31N3O. The van der Waals surface area contributed by atoms with Crippen molar-refractivity contribution in [2.75, 3.05) is 46.4 Å². The molecule has 112 valence electrons. The lowest BCUT2D eigenvalue weighted by Crippen LogP contribution is -2.60. The van der Waals surface area contributed by atoms with Crippen molar-refractivity contribution in [1.29, 1.82) is 0 Å². The van der Waals surface area contributed by atoms with Gasteiger partial charge >= 0.3 is 0 Å². The normalized spacial score (nSPS) is 29.2. The Labute approximate surface area is 118 Å². The Morgan fingerprint density at radius 2 is 1.95 bits per heavy atom. The van der Waals surface area contributed by atoms with E-state index in [-0.39, 0.29) is 5.54 Å². The SMILES string of the molecule is COCC(CN)(C(C)C)N1CCC(N2CCCC2)C1. The van der Waals surface area contributed by atoms with Gasteiger partial charge in [-0.3, -0.25) is 9.80 Å². The lowest BCUT2D eigenvalue weighted by molar-refractivity contribution is -0.00606. The summed E-state index contributed by atoms with van der Waals surface area (Å²) >= 11 is 0. The molecule has 0 bridgehead atoms. The summed E-state index contributed by atoms with van der Waals surface area (Å²) in [6.07, 6.45) is 4.04. The van der Waals surface area contributed by atoms with Crippen molar-refractivity contribution in [3.05, 3.63) is 0 Å². The highest BCUT2D eigenvalue weighted by molar-refractivity contribution is 5.00. The molecule has 2 heterocycles. The van der Waals surface area contributed by atoms with Crippen molar-refractivity contribution in [1.82, 2.24) is 9.80 Å². The monoisotopic (exact) mass is 269 g/mol. The first-order valence-corrected chi connectivity index (χ1v) is 7.82. The number of rotatable bonds is 6. The number of nitrogens with two attached hydrogens (primary N) is 1. The van der Waals surface area contributed by atoms with Crippen molar-refractivity contribution in [2.45, 2.75) is 44.7 Å². The Kier molecular flexibility index (Phi) is 5.23. The maximum atomic E-state index is 6.14. The van der Waals surface area contributed by atoms with Crippen LogP contribution in [0.1, 0.15) is 33.1 Å². The van der Waals surface area contributed by atoms with Gasteiger partial charge in [0.25, 0.3) is 0 Å². The standard InChI is InChI=1S/C15H31N3O/c1-13(2)15(11-16,12-19-3)18-9-6-14(10-18)17-7-4-5-8-17/h13-14H,4-12,16H2,1-3H3. The van der Waals surface area contributed by atoms with Gasteiger partial charge in [-0.1, -0.05) is 13.8 Å². The fourth-order valence-corrected chi connectivity index (χ4v) is 3.85. The summed E-state index contributed by atoms with van der Waals surface area (Å²) in [6.45, 7) is 10.9. The third-order valence-corrected chi connectivity index (χ3v) is 5.27. The number of methoxy groups -OCH3 is 1. The largest absolute Gasteiger partial charge is 0.383 e. The van der Waals surface area contributed by atoms with Gasteiger partial charge in [0.05, 0.1) is 12.1 Å². The topological polar surface area (TPSA) is 41.7 Å². The van der Waals surface area contributed by atoms with Crippen LogP contribution in [0.2, 0.25) is 0 Å². The Morgan fingerprint density at radius 3 is 2.47 bits per heavy atom. The van der Waals surface area contributed by atoms with E-state index in [2.05, 4.69) is 23.6 Å². The predicted octanol–water partition coefficient (Wildman–Crippen LogP) is 1.16. The van der Waals surface area contributed by atoms with E-state index in [0.717, 1.165) is 12.6 Å². The molecule has 2 aliphatic heterocycles. The van der Waals surface area contributed by atoms with Crippen LogP contribution in [0.3, 0.4) is 0 Å². The van der Waals surface area contributed by atoms with Crippen molar-refractivity contribution in [3.8, 4) is 0 Å². The maximum Gasteiger partial charge on any atom is 0.0661 e. The summed E-state index contributed by atoms with van der Waals surface area (Å²) < 4.78 is 5.50. The second-order valence-electron chi connectivity index (χ2n) is 6.53. The zero-order chi connectivity index (χ0) is 13.9. The molecular weight excluding hydrogens is 238 g/mol. The van der Waals surface area contributed by atoms with Crippen LogP contribution in [0.4, 0.5) is 0 Å². The Hall–Kier alpha value is -0.160. The highest BCUT2D eigenvalue weighted by Crippen LogP contribution is 2.31. The maximum absolute atomic E-state index is 6.14. The molecule has 0 aromatic rings. The van der Waals surface area contributed by atoms with Gasteiger partial charge in [0.2, 0.25) is 0 Å². The predicted molar refractivity (Wildman–Crippen MR) is 79.3 cm³/mol. The molecule has 2 saturated heterocycles. The molecule has 2 unspecified atom stereocenters. The van der Waals surface area contributed by atoms with Crippen molar-refractivity contribution in [3.63, 3.8) is 0 Å². The minimum absolute atomic E-state index is 0.0171. The van der Waals surface area contributed by atoms with E-state index in [1.165, 1.54) is 45.4 Å². The van der Waals surface area contributed by atoms with Gasteiger partial charge in [0.1, 0.15) is 0 Å². The molecule has 0 spiro atoms. The molecule has 4 heteroatoms. The minimum atomic E-state index is 0.0171. The quantitative estimate of drug-likeness (QED) is 0.785. The smallest absolute Gasteiger partial charge is 0.0661 e. The van der Waals surface area contributed by atoms with Crippen molar-refractivity contribution in [2.24, 2.45) is 11.7 Å². The lowest BCUT2D eigenvalue weighted by atomic mass is 9.85. The van der Waals surface area contributed by atoms with Crippen LogP contribution in [0.15, 0.2) is 0 Å². The van der Waals surface area contributed by atoms with Gasteiger partial charge in [0, 0.05) is 32.8 Å². The minimum Gasteiger partial charge on any atom is -0.383 e. The molecule has 4 nitrogen and oxygen atoms in total. The van der Waals surface area contributed by atoms with E-state index in [1.54, 1.807) is 7.11 Å². The summed E-state index contributed by atoms with van der Waals surface area (Å²) in [5.74, 6) is 0.523. The molecule has 0 radical (unpaired) electrons. The van der Waals surface area contributed by atoms with E-state index in [0.29, 0.717) is 12.5 Å². The molecule has 2 fully saturated rings. The third kappa shape index (κ3) is 2.97. The van der Waals surface area contributed by atoms with Crippen molar-refractivity contribution >= 4 is 0 Å². The number of hydrogen-bond donors (Lipinski definition) is 1. The molecule has 2 rings (SSSR count). The highest BCUT2D eigenvalue weighted by Gasteiger charge is 2.43. The Balaban J connectivity index is 2.03. The van der Waals surface area contributed by atoms with Gasteiger partial charge in [-0.2, -0.15) is 0 Å². The zero-order valence-corrected chi connectivity index (χ0v) is 12.9. The van der Waals surface area contributed by atoms with Crippen LogP contribution in [0, 0.1) is 5.92 Å². The molecule has 19 heavy (non-hydrogen) atoms. The fraction of sp³-hybridized carbons (Fsp3) is 1.00. The van der Waals surface area contributed by atoms with Crippen LogP contribution >= 0.6 is 0 Å². The second-order valence-corrected chi connectivity index (χ2v) is 6.53. The van der Waals surface area contributed by atoms with Gasteiger partial charge in [-0.05, 0) is 38.3 Å². The Bertz CT molecular complexity index is 279. The second kappa shape index (κ2) is 6.53. The number of ether oxygens (including phenoxy) is 1. The van der Waals surface area contributed by atoms with Gasteiger partial charge in [-0.15, -0.1) is 0 Å². The molecule has 2 atom stereocenters. The van der Waals surface area contributed by atoms with E-state index in [4.69, 9.17) is 10.5 Å². The van der Waals surface area contributed by atoms with E-state index in [1.807, 2.05) is 0 Å². The third-order valence-electron chi connectivity index (χ3n) is 5.27. The summed E-state index contributed by atoms with van der Waals surface area (Å²) in [6, 6.07) is 0.740. The van der Waals surface area contributed by atoms with E-state index in [9.17, 15) is 0 Å². The molecule has 0 aromatic heterocycles. The summed E-state index contributed by atoms with van der Waals surface area (Å²) in [5.41, 5.74) is 6.16. The molecule has 0 amide bonds. The summed E-state index contributed by atoms with van der Waals surface area (Å²) in [7, 11) is 1.79. The van der Waals surface area contributed by atoms with Crippen LogP contribution in [-0.2, 0) is 4.74 Å². The molecule has 2 aliphatic rings. The number of nitrogens with zero attached hydrogens (tertiary/aromatic N) is 2. The number of hydrogen-bond acceptors (Lipinski definition) is 4. The first kappa shape index (κ1) is 15.2. The summed E-state index contributed by atoms with van der Waals surface area (Å²) in [5, 5.41) is 0. The van der Waals surface area contributed by atoms with Gasteiger partial charge in [0.15, 0.2) is 0 Å². The van der Waals surface area contributed by atoms with Gasteiger partial charge in [-0.25, -0.2) is 0 Å². The van der Waals surface area contributed by atoms with Gasteiger partial charge < -0.3 is 10.5 Å². The molecule has 0 aromatic carbocycles. The molecule has 0 saturated carbocycles. The summed E-state index contributed by atoms with van der Waals surface area (Å²) in [4.78, 5) is 5.28.